The number of hydrogen-bond acceptors (Lipinski definition) is 2. The highest BCUT2D eigenvalue weighted by molar-refractivity contribution is 6.31. The molecule has 3 rings (SSSR count). The van der Waals surface area contributed by atoms with E-state index in [-0.39, 0.29) is 23.9 Å². The van der Waals surface area contributed by atoms with E-state index >= 15 is 0 Å². The Morgan fingerprint density at radius 2 is 1.81 bits per heavy atom. The molecule has 2 heterocycles. The first-order valence-electron chi connectivity index (χ1n) is 9.17. The van der Waals surface area contributed by atoms with Gasteiger partial charge < -0.3 is 15.1 Å². The fourth-order valence-electron chi connectivity index (χ4n) is 4.09. The molecule has 0 spiro atoms. The molecule has 1 N–H and O–H groups in total. The van der Waals surface area contributed by atoms with Crippen molar-refractivity contribution in [3.63, 3.8) is 0 Å². The number of amides is 3. The zero-order valence-electron chi connectivity index (χ0n) is 15.0. The van der Waals surface area contributed by atoms with Crippen molar-refractivity contribution in [2.75, 3.05) is 33.2 Å². The molecule has 2 saturated heterocycles. The van der Waals surface area contributed by atoms with Gasteiger partial charge in [-0.3, -0.25) is 4.79 Å². The minimum atomic E-state index is -0.428. The van der Waals surface area contributed by atoms with Crippen LogP contribution in [-0.4, -0.2) is 55.0 Å². The van der Waals surface area contributed by atoms with E-state index in [2.05, 4.69) is 5.32 Å². The normalized spacial score (nSPS) is 21.1. The molecule has 0 aromatic heterocycles. The lowest BCUT2D eigenvalue weighted by molar-refractivity contribution is -0.129. The summed E-state index contributed by atoms with van der Waals surface area (Å²) < 4.78 is 13.9. The highest BCUT2D eigenvalue weighted by Crippen LogP contribution is 2.32. The van der Waals surface area contributed by atoms with E-state index < -0.39 is 5.82 Å². The summed E-state index contributed by atoms with van der Waals surface area (Å²) in [6.45, 7) is 2.96. The smallest absolute Gasteiger partial charge is 0.317 e. The van der Waals surface area contributed by atoms with Gasteiger partial charge in [0, 0.05) is 43.8 Å². The number of carbonyl (C=O) groups is 2. The van der Waals surface area contributed by atoms with Gasteiger partial charge in [0.1, 0.15) is 5.82 Å². The maximum absolute atomic E-state index is 13.9. The summed E-state index contributed by atoms with van der Waals surface area (Å²) in [4.78, 5) is 27.9. The lowest BCUT2D eigenvalue weighted by Gasteiger charge is -2.34. The van der Waals surface area contributed by atoms with Crippen molar-refractivity contribution in [2.24, 2.45) is 11.8 Å². The number of likely N-dealkylation sites (tertiary alicyclic amines) is 2. The Kier molecular flexibility index (Phi) is 6.01. The van der Waals surface area contributed by atoms with Crippen molar-refractivity contribution < 1.29 is 14.0 Å². The van der Waals surface area contributed by atoms with Crippen LogP contribution in [0.3, 0.4) is 0 Å². The van der Waals surface area contributed by atoms with Crippen LogP contribution in [0.1, 0.15) is 24.8 Å². The Balaban J connectivity index is 1.52. The summed E-state index contributed by atoms with van der Waals surface area (Å²) >= 11 is 6.03. The molecule has 5 nitrogen and oxygen atoms in total. The molecule has 1 aromatic carbocycles. The Hall–Kier alpha value is -1.82. The van der Waals surface area contributed by atoms with Crippen LogP contribution in [0.25, 0.3) is 0 Å². The van der Waals surface area contributed by atoms with E-state index in [4.69, 9.17) is 11.6 Å². The third kappa shape index (κ3) is 4.11. The van der Waals surface area contributed by atoms with Crippen molar-refractivity contribution >= 4 is 23.5 Å². The number of hydrogen-bond donors (Lipinski definition) is 1. The second kappa shape index (κ2) is 8.25. The second-order valence-corrected chi connectivity index (χ2v) is 7.55. The maximum atomic E-state index is 13.9. The first-order chi connectivity index (χ1) is 12.5. The largest absolute Gasteiger partial charge is 0.342 e. The average Bonchev–Trinajstić information content (AvgIpc) is 3.14. The molecule has 1 aromatic rings. The molecule has 0 aliphatic carbocycles. The molecule has 7 heteroatoms. The van der Waals surface area contributed by atoms with E-state index in [0.29, 0.717) is 23.4 Å². The molecular formula is C19H25ClFN3O2. The molecule has 0 bridgehead atoms. The summed E-state index contributed by atoms with van der Waals surface area (Å²) in [6, 6.07) is 4.47. The number of urea groups is 1. The molecule has 2 fully saturated rings. The summed E-state index contributed by atoms with van der Waals surface area (Å²) in [5, 5.41) is 2.97. The topological polar surface area (TPSA) is 52.7 Å². The number of carbonyl (C=O) groups excluding carboxylic acids is 2. The predicted molar refractivity (Wildman–Crippen MR) is 98.6 cm³/mol. The molecule has 1 atom stereocenters. The minimum Gasteiger partial charge on any atom is -0.342 e. The Morgan fingerprint density at radius 1 is 1.15 bits per heavy atom. The summed E-state index contributed by atoms with van der Waals surface area (Å²) in [5.74, 6) is 0.498. The quantitative estimate of drug-likeness (QED) is 0.875. The van der Waals surface area contributed by atoms with Gasteiger partial charge in [0.2, 0.25) is 5.91 Å². The van der Waals surface area contributed by atoms with Crippen LogP contribution >= 0.6 is 11.6 Å². The third-order valence-corrected chi connectivity index (χ3v) is 6.03. The molecule has 0 radical (unpaired) electrons. The Bertz CT molecular complexity index is 656. The highest BCUT2D eigenvalue weighted by Gasteiger charge is 2.34. The van der Waals surface area contributed by atoms with Gasteiger partial charge in [-0.25, -0.2) is 9.18 Å². The molecule has 26 heavy (non-hydrogen) atoms. The predicted octanol–water partition coefficient (Wildman–Crippen LogP) is 2.92. The number of halogens is 2. The standard InChI is InChI=1S/C19H25ClFN3O2/c1-22-19(26)23-8-5-13(6-9-23)14-7-10-24(12-14)18(25)11-15-16(20)3-2-4-17(15)21/h2-4,13-14H,5-12H2,1H3,(H,22,26). The van der Waals surface area contributed by atoms with Crippen LogP contribution in [0.15, 0.2) is 18.2 Å². The number of nitrogens with zero attached hydrogens (tertiary/aromatic N) is 2. The van der Waals surface area contributed by atoms with E-state index in [1.807, 2.05) is 9.80 Å². The fraction of sp³-hybridized carbons (Fsp3) is 0.579. The monoisotopic (exact) mass is 381 g/mol. The summed E-state index contributed by atoms with van der Waals surface area (Å²) in [5.41, 5.74) is 0.279. The van der Waals surface area contributed by atoms with E-state index in [9.17, 15) is 14.0 Å². The van der Waals surface area contributed by atoms with Crippen molar-refractivity contribution in [2.45, 2.75) is 25.7 Å². The van der Waals surface area contributed by atoms with Crippen molar-refractivity contribution in [3.05, 3.63) is 34.6 Å². The molecule has 2 aliphatic heterocycles. The van der Waals surface area contributed by atoms with Crippen LogP contribution in [0.2, 0.25) is 5.02 Å². The molecule has 2 aliphatic rings. The van der Waals surface area contributed by atoms with Gasteiger partial charge in [0.05, 0.1) is 6.42 Å². The van der Waals surface area contributed by atoms with E-state index in [0.717, 1.165) is 38.9 Å². The second-order valence-electron chi connectivity index (χ2n) is 7.15. The fourth-order valence-corrected chi connectivity index (χ4v) is 4.32. The van der Waals surface area contributed by atoms with Gasteiger partial charge >= 0.3 is 6.03 Å². The lowest BCUT2D eigenvalue weighted by Crippen LogP contribution is -2.44. The van der Waals surface area contributed by atoms with Crippen LogP contribution < -0.4 is 5.32 Å². The molecule has 1 unspecified atom stereocenters. The molecule has 142 valence electrons. The van der Waals surface area contributed by atoms with Crippen LogP contribution in [0.5, 0.6) is 0 Å². The average molecular weight is 382 g/mol. The number of piperidine rings is 1. The highest BCUT2D eigenvalue weighted by atomic mass is 35.5. The first kappa shape index (κ1) is 19.0. The Morgan fingerprint density at radius 3 is 2.46 bits per heavy atom. The lowest BCUT2D eigenvalue weighted by atomic mass is 9.84. The van der Waals surface area contributed by atoms with Crippen molar-refractivity contribution in [1.82, 2.24) is 15.1 Å². The van der Waals surface area contributed by atoms with Gasteiger partial charge in [0.25, 0.3) is 0 Å². The van der Waals surface area contributed by atoms with Gasteiger partial charge in [-0.05, 0) is 43.2 Å². The van der Waals surface area contributed by atoms with Gasteiger partial charge in [0.15, 0.2) is 0 Å². The van der Waals surface area contributed by atoms with Gasteiger partial charge in [-0.15, -0.1) is 0 Å². The van der Waals surface area contributed by atoms with E-state index in [1.165, 1.54) is 6.07 Å². The zero-order chi connectivity index (χ0) is 18.7. The summed E-state index contributed by atoms with van der Waals surface area (Å²) in [7, 11) is 1.65. The third-order valence-electron chi connectivity index (χ3n) is 5.67. The minimum absolute atomic E-state index is 0.00728. The maximum Gasteiger partial charge on any atom is 0.317 e. The van der Waals surface area contributed by atoms with Crippen LogP contribution in [0, 0.1) is 17.7 Å². The van der Waals surface area contributed by atoms with Gasteiger partial charge in [-0.2, -0.15) is 0 Å². The number of nitrogens with one attached hydrogen (secondary N) is 1. The van der Waals surface area contributed by atoms with Gasteiger partial charge in [-0.1, -0.05) is 17.7 Å². The Labute approximate surface area is 158 Å². The van der Waals surface area contributed by atoms with Crippen LogP contribution in [-0.2, 0) is 11.2 Å². The number of benzene rings is 1. The van der Waals surface area contributed by atoms with Crippen molar-refractivity contribution in [3.8, 4) is 0 Å². The van der Waals surface area contributed by atoms with E-state index in [1.54, 1.807) is 19.2 Å². The SMILES string of the molecule is CNC(=O)N1CCC(C2CCN(C(=O)Cc3c(F)cccc3Cl)C2)CC1. The molecule has 3 amide bonds. The molecule has 0 saturated carbocycles. The molecular weight excluding hydrogens is 357 g/mol. The van der Waals surface area contributed by atoms with Crippen LogP contribution in [0.4, 0.5) is 9.18 Å². The first-order valence-corrected chi connectivity index (χ1v) is 9.54. The summed E-state index contributed by atoms with van der Waals surface area (Å²) in [6.07, 6.45) is 2.92. The van der Waals surface area contributed by atoms with Crippen molar-refractivity contribution in [1.29, 1.82) is 0 Å². The number of rotatable bonds is 3. The zero-order valence-corrected chi connectivity index (χ0v) is 15.8.